The molecule has 0 bridgehead atoms. The number of nitrogens with one attached hydrogen (secondary N) is 1. The monoisotopic (exact) mass is 287 g/mol. The molecular weight excluding hydrogens is 271 g/mol. The molecule has 0 aromatic rings. The number of alkyl halides is 3. The average Bonchev–Trinajstić information content (AvgIpc) is 2.12. The summed E-state index contributed by atoms with van der Waals surface area (Å²) < 4.78 is 60.5. The number of hydrogen-bond acceptors (Lipinski definition) is 4. The van der Waals surface area contributed by atoms with Gasteiger partial charge in [0.15, 0.2) is 9.84 Å². The Bertz CT molecular complexity index is 421. The minimum Gasteiger partial charge on any atom is -0.387 e. The Morgan fingerprint density at radius 3 is 2.50 bits per heavy atom. The molecule has 2 unspecified atom stereocenters. The van der Waals surface area contributed by atoms with Gasteiger partial charge in [0.2, 0.25) is 0 Å². The van der Waals surface area contributed by atoms with E-state index in [1.807, 2.05) is 0 Å². The highest BCUT2D eigenvalue weighted by Crippen LogP contribution is 2.28. The first-order chi connectivity index (χ1) is 8.03. The van der Waals surface area contributed by atoms with Crippen molar-refractivity contribution < 1.29 is 21.6 Å². The predicted molar refractivity (Wildman–Crippen MR) is 61.1 cm³/mol. The first-order valence-corrected chi connectivity index (χ1v) is 7.20. The molecule has 18 heavy (non-hydrogen) atoms. The van der Waals surface area contributed by atoms with Gasteiger partial charge in [0.05, 0.1) is 11.5 Å². The van der Waals surface area contributed by atoms with Gasteiger partial charge in [0.1, 0.15) is 11.8 Å². The fourth-order valence-corrected chi connectivity index (χ4v) is 3.54. The first kappa shape index (κ1) is 15.2. The summed E-state index contributed by atoms with van der Waals surface area (Å²) in [6.07, 6.45) is -4.58. The molecule has 1 fully saturated rings. The van der Waals surface area contributed by atoms with Crippen LogP contribution in [0.1, 0.15) is 6.92 Å². The molecule has 1 heterocycles. The summed E-state index contributed by atoms with van der Waals surface area (Å²) in [6.45, 7) is 1.14. The van der Waals surface area contributed by atoms with Gasteiger partial charge >= 0.3 is 6.18 Å². The number of sulfone groups is 1. The molecule has 2 atom stereocenters. The minimum absolute atomic E-state index is 0.0450. The molecule has 5 nitrogen and oxygen atoms in total. The summed E-state index contributed by atoms with van der Waals surface area (Å²) in [4.78, 5) is 1.42. The molecule has 1 rings (SSSR count). The van der Waals surface area contributed by atoms with Crippen LogP contribution in [-0.4, -0.2) is 56.0 Å². The molecule has 0 radical (unpaired) electrons. The van der Waals surface area contributed by atoms with Crippen molar-refractivity contribution in [3.05, 3.63) is 0 Å². The van der Waals surface area contributed by atoms with Gasteiger partial charge in [-0.15, -0.1) is 0 Å². The normalized spacial score (nSPS) is 26.8. The van der Waals surface area contributed by atoms with E-state index in [1.165, 1.54) is 4.90 Å². The van der Waals surface area contributed by atoms with Gasteiger partial charge in [0.25, 0.3) is 0 Å². The second-order valence-corrected chi connectivity index (χ2v) is 6.74. The van der Waals surface area contributed by atoms with Gasteiger partial charge in [0, 0.05) is 19.1 Å². The average molecular weight is 287 g/mol. The summed E-state index contributed by atoms with van der Waals surface area (Å²) in [5.41, 5.74) is 4.96. The lowest BCUT2D eigenvalue weighted by atomic mass is 10.1. The number of amidine groups is 1. The Labute approximate surface area is 104 Å². The van der Waals surface area contributed by atoms with Crippen molar-refractivity contribution in [2.45, 2.75) is 19.1 Å². The fourth-order valence-electron chi connectivity index (χ4n) is 1.92. The lowest BCUT2D eigenvalue weighted by molar-refractivity contribution is -0.160. The van der Waals surface area contributed by atoms with Crippen LogP contribution in [0, 0.1) is 11.3 Å². The van der Waals surface area contributed by atoms with Crippen molar-refractivity contribution >= 4 is 15.7 Å². The molecule has 0 spiro atoms. The third kappa shape index (κ3) is 3.84. The molecule has 106 valence electrons. The van der Waals surface area contributed by atoms with Gasteiger partial charge in [-0.1, -0.05) is 0 Å². The van der Waals surface area contributed by atoms with Gasteiger partial charge in [-0.3, -0.25) is 10.3 Å². The van der Waals surface area contributed by atoms with E-state index in [9.17, 15) is 21.6 Å². The maximum Gasteiger partial charge on any atom is 0.399 e. The van der Waals surface area contributed by atoms with Crippen LogP contribution in [0.2, 0.25) is 0 Å². The van der Waals surface area contributed by atoms with E-state index in [-0.39, 0.29) is 18.1 Å². The maximum absolute atomic E-state index is 12.6. The standard InChI is InChI=1S/C9H16F3N3O2S/c1-6-5-18(16,17)3-2-15(6)4-7(8(13)14)9(10,11)12/h6-7H,2-5H2,1H3,(H3,13,14). The molecule has 1 aliphatic heterocycles. The molecule has 9 heteroatoms. The van der Waals surface area contributed by atoms with Crippen molar-refractivity contribution in [1.29, 1.82) is 5.41 Å². The number of hydrogen-bond donors (Lipinski definition) is 2. The van der Waals surface area contributed by atoms with E-state index in [0.29, 0.717) is 0 Å². The molecule has 0 aromatic heterocycles. The van der Waals surface area contributed by atoms with Crippen LogP contribution in [0.3, 0.4) is 0 Å². The molecule has 0 saturated carbocycles. The molecule has 0 aromatic carbocycles. The van der Waals surface area contributed by atoms with Crippen LogP contribution in [-0.2, 0) is 9.84 Å². The Balaban J connectivity index is 2.75. The van der Waals surface area contributed by atoms with Crippen LogP contribution >= 0.6 is 0 Å². The summed E-state index contributed by atoms with van der Waals surface area (Å²) in [5.74, 6) is -3.29. The van der Waals surface area contributed by atoms with Crippen LogP contribution in [0.15, 0.2) is 0 Å². The van der Waals surface area contributed by atoms with E-state index >= 15 is 0 Å². The quantitative estimate of drug-likeness (QED) is 0.574. The molecule has 0 aliphatic carbocycles. The lowest BCUT2D eigenvalue weighted by Gasteiger charge is -2.35. The highest BCUT2D eigenvalue weighted by Gasteiger charge is 2.44. The van der Waals surface area contributed by atoms with Gasteiger partial charge in [-0.25, -0.2) is 8.42 Å². The third-order valence-corrected chi connectivity index (χ3v) is 4.79. The molecule has 3 N–H and O–H groups in total. The highest BCUT2D eigenvalue weighted by atomic mass is 32.2. The largest absolute Gasteiger partial charge is 0.399 e. The van der Waals surface area contributed by atoms with E-state index in [0.717, 1.165) is 0 Å². The zero-order valence-electron chi connectivity index (χ0n) is 9.87. The Hall–Kier alpha value is -0.830. The topological polar surface area (TPSA) is 87.2 Å². The maximum atomic E-state index is 12.6. The smallest absolute Gasteiger partial charge is 0.387 e. The summed E-state index contributed by atoms with van der Waals surface area (Å²) in [6, 6.07) is -0.493. The predicted octanol–water partition coefficient (Wildman–Crippen LogP) is 0.220. The summed E-state index contributed by atoms with van der Waals surface area (Å²) in [5, 5.41) is 6.98. The van der Waals surface area contributed by atoms with Crippen LogP contribution in [0.25, 0.3) is 0 Å². The van der Waals surface area contributed by atoms with Gasteiger partial charge < -0.3 is 5.73 Å². The summed E-state index contributed by atoms with van der Waals surface area (Å²) >= 11 is 0. The Kier molecular flexibility index (Phi) is 4.26. The Morgan fingerprint density at radius 1 is 1.56 bits per heavy atom. The summed E-state index contributed by atoms with van der Waals surface area (Å²) in [7, 11) is -3.16. The molecule has 0 amide bonds. The van der Waals surface area contributed by atoms with Gasteiger partial charge in [-0.2, -0.15) is 13.2 Å². The van der Waals surface area contributed by atoms with Gasteiger partial charge in [-0.05, 0) is 6.92 Å². The first-order valence-electron chi connectivity index (χ1n) is 5.38. The van der Waals surface area contributed by atoms with Crippen molar-refractivity contribution in [2.75, 3.05) is 24.6 Å². The zero-order chi connectivity index (χ0) is 14.1. The van der Waals surface area contributed by atoms with Crippen LogP contribution < -0.4 is 5.73 Å². The number of halogens is 3. The van der Waals surface area contributed by atoms with E-state index in [2.05, 4.69) is 0 Å². The van der Waals surface area contributed by atoms with Crippen molar-refractivity contribution in [1.82, 2.24) is 4.90 Å². The number of rotatable bonds is 3. The Morgan fingerprint density at radius 2 is 2.11 bits per heavy atom. The van der Waals surface area contributed by atoms with Crippen LogP contribution in [0.4, 0.5) is 13.2 Å². The molecular formula is C9H16F3N3O2S. The second-order valence-electron chi connectivity index (χ2n) is 4.51. The molecule has 1 saturated heterocycles. The van der Waals surface area contributed by atoms with Crippen molar-refractivity contribution in [3.63, 3.8) is 0 Å². The minimum atomic E-state index is -4.58. The van der Waals surface area contributed by atoms with Crippen LogP contribution in [0.5, 0.6) is 0 Å². The van der Waals surface area contributed by atoms with E-state index < -0.39 is 40.4 Å². The zero-order valence-corrected chi connectivity index (χ0v) is 10.7. The second kappa shape index (κ2) is 5.04. The van der Waals surface area contributed by atoms with E-state index in [1.54, 1.807) is 6.92 Å². The van der Waals surface area contributed by atoms with E-state index in [4.69, 9.17) is 11.1 Å². The highest BCUT2D eigenvalue weighted by molar-refractivity contribution is 7.91. The van der Waals surface area contributed by atoms with Crippen molar-refractivity contribution in [2.24, 2.45) is 11.7 Å². The SMILES string of the molecule is CC1CS(=O)(=O)CCN1CC(C(=N)N)C(F)(F)F. The fraction of sp³-hybridized carbons (Fsp3) is 0.889. The number of nitrogens with two attached hydrogens (primary N) is 1. The number of nitrogens with zero attached hydrogens (tertiary/aromatic N) is 1. The van der Waals surface area contributed by atoms with Crippen molar-refractivity contribution in [3.8, 4) is 0 Å². The molecule has 1 aliphatic rings. The third-order valence-electron chi connectivity index (χ3n) is 3.00. The lowest BCUT2D eigenvalue weighted by Crippen LogP contribution is -2.52.